The third kappa shape index (κ3) is 4.07. The highest BCUT2D eigenvalue weighted by Crippen LogP contribution is 2.27. The van der Waals surface area contributed by atoms with Gasteiger partial charge in [-0.15, -0.1) is 0 Å². The average molecular weight is 384 g/mol. The number of aromatic nitrogens is 2. The average Bonchev–Trinajstić information content (AvgIpc) is 3.07. The Kier molecular flexibility index (Phi) is 4.51. The second-order valence-corrected chi connectivity index (χ2v) is 7.60. The van der Waals surface area contributed by atoms with Crippen molar-refractivity contribution in [2.75, 3.05) is 12.4 Å². The van der Waals surface area contributed by atoms with Crippen LogP contribution in [0.5, 0.6) is 5.75 Å². The van der Waals surface area contributed by atoms with Gasteiger partial charge in [0.05, 0.1) is 17.9 Å². The molecule has 0 aliphatic heterocycles. The van der Waals surface area contributed by atoms with Gasteiger partial charge in [0.2, 0.25) is 5.89 Å². The molecule has 0 amide bonds. The Labute approximate surface area is 155 Å². The Balaban J connectivity index is 1.55. The molecule has 8 heteroatoms. The van der Waals surface area contributed by atoms with Gasteiger partial charge in [-0.2, -0.15) is 8.42 Å². The highest BCUT2D eigenvalue weighted by molar-refractivity contribution is 7.85. The van der Waals surface area contributed by atoms with E-state index in [4.69, 9.17) is 13.7 Å². The smallest absolute Gasteiger partial charge is 0.264 e. The summed E-state index contributed by atoms with van der Waals surface area (Å²) in [5.41, 5.74) is 2.72. The number of fused-ring (bicyclic) bond motifs is 2. The van der Waals surface area contributed by atoms with E-state index in [1.54, 1.807) is 18.2 Å². The Morgan fingerprint density at radius 2 is 1.85 bits per heavy atom. The number of hydrogen-bond acceptors (Lipinski definition) is 6. The van der Waals surface area contributed by atoms with Crippen molar-refractivity contribution >= 4 is 32.1 Å². The molecule has 0 unspecified atom stereocenters. The molecule has 138 valence electrons. The number of pyridine rings is 1. The fourth-order valence-electron chi connectivity index (χ4n) is 2.72. The predicted molar refractivity (Wildman–Crippen MR) is 101 cm³/mol. The summed E-state index contributed by atoms with van der Waals surface area (Å²) >= 11 is 0. The van der Waals surface area contributed by atoms with Gasteiger partial charge in [-0.05, 0) is 30.7 Å². The fourth-order valence-corrected chi connectivity index (χ4v) is 3.20. The summed E-state index contributed by atoms with van der Waals surface area (Å²) in [6.45, 7) is 0.165. The molecule has 0 aliphatic rings. The second-order valence-electron chi connectivity index (χ2n) is 6.03. The molecular formula is C19H16N2O5S. The molecule has 0 bridgehead atoms. The highest BCUT2D eigenvalue weighted by atomic mass is 32.2. The minimum atomic E-state index is -3.97. The molecule has 2 aromatic carbocycles. The van der Waals surface area contributed by atoms with Crippen LogP contribution in [-0.2, 0) is 10.1 Å². The van der Waals surface area contributed by atoms with Crippen LogP contribution in [0.3, 0.4) is 0 Å². The van der Waals surface area contributed by atoms with Crippen molar-refractivity contribution in [3.63, 3.8) is 0 Å². The molecule has 0 fully saturated rings. The van der Waals surface area contributed by atoms with Crippen LogP contribution in [0.15, 0.2) is 59.0 Å². The minimum absolute atomic E-state index is 0.165. The van der Waals surface area contributed by atoms with E-state index >= 15 is 0 Å². The van der Waals surface area contributed by atoms with Crippen molar-refractivity contribution in [1.82, 2.24) is 9.97 Å². The molecule has 0 spiro atoms. The van der Waals surface area contributed by atoms with Gasteiger partial charge in [0.15, 0.2) is 5.58 Å². The number of benzene rings is 2. The maximum absolute atomic E-state index is 10.7. The van der Waals surface area contributed by atoms with E-state index < -0.39 is 10.1 Å². The lowest BCUT2D eigenvalue weighted by molar-refractivity contribution is 0.316. The Morgan fingerprint density at radius 1 is 1.00 bits per heavy atom. The van der Waals surface area contributed by atoms with Gasteiger partial charge < -0.3 is 9.15 Å². The summed E-state index contributed by atoms with van der Waals surface area (Å²) in [5, 5.41) is 1.04. The summed E-state index contributed by atoms with van der Waals surface area (Å²) in [4.78, 5) is 9.04. The third-order valence-corrected chi connectivity index (χ3v) is 4.80. The molecule has 0 saturated heterocycles. The SMILES string of the molecule is O=S(=O)(O)CCCOc1ccc2nc(-c3ccc4ccccc4n3)oc2c1. The lowest BCUT2D eigenvalue weighted by Crippen LogP contribution is -2.08. The number of oxazole rings is 1. The first-order valence-electron chi connectivity index (χ1n) is 8.33. The lowest BCUT2D eigenvalue weighted by Gasteiger charge is -2.04. The van der Waals surface area contributed by atoms with E-state index in [1.165, 1.54) is 0 Å². The zero-order chi connectivity index (χ0) is 18.9. The number of rotatable bonds is 6. The minimum Gasteiger partial charge on any atom is -0.493 e. The second kappa shape index (κ2) is 6.98. The van der Waals surface area contributed by atoms with Crippen LogP contribution in [0, 0.1) is 0 Å². The maximum atomic E-state index is 10.7. The van der Waals surface area contributed by atoms with Crippen LogP contribution in [0.4, 0.5) is 0 Å². The van der Waals surface area contributed by atoms with Crippen molar-refractivity contribution in [2.45, 2.75) is 6.42 Å². The highest BCUT2D eigenvalue weighted by Gasteiger charge is 2.11. The van der Waals surface area contributed by atoms with Gasteiger partial charge in [0.25, 0.3) is 10.1 Å². The number of ether oxygens (including phenoxy) is 1. The molecule has 0 radical (unpaired) electrons. The standard InChI is InChI=1S/C19H16N2O5S/c22-27(23,24)11-3-10-25-14-7-9-16-18(12-14)26-19(21-16)17-8-6-13-4-1-2-5-15(13)20-17/h1-2,4-9,12H,3,10-11H2,(H,22,23,24). The normalized spacial score (nSPS) is 11.9. The van der Waals surface area contributed by atoms with E-state index in [0.717, 1.165) is 10.9 Å². The number of nitrogens with zero attached hydrogens (tertiary/aromatic N) is 2. The van der Waals surface area contributed by atoms with E-state index in [-0.39, 0.29) is 18.8 Å². The zero-order valence-corrected chi connectivity index (χ0v) is 15.0. The van der Waals surface area contributed by atoms with E-state index in [2.05, 4.69) is 9.97 Å². The summed E-state index contributed by atoms with van der Waals surface area (Å²) in [6.07, 6.45) is 0.194. The van der Waals surface area contributed by atoms with Gasteiger partial charge in [0, 0.05) is 11.5 Å². The van der Waals surface area contributed by atoms with Crippen LogP contribution in [0.1, 0.15) is 6.42 Å². The molecular weight excluding hydrogens is 368 g/mol. The van der Waals surface area contributed by atoms with E-state index in [9.17, 15) is 8.42 Å². The summed E-state index contributed by atoms with van der Waals surface area (Å²) in [6, 6.07) is 16.8. The van der Waals surface area contributed by atoms with Gasteiger partial charge in [0.1, 0.15) is 17.0 Å². The molecule has 0 aliphatic carbocycles. The van der Waals surface area contributed by atoms with Crippen molar-refractivity contribution in [3.8, 4) is 17.3 Å². The molecule has 4 rings (SSSR count). The molecule has 1 N–H and O–H groups in total. The van der Waals surface area contributed by atoms with Crippen molar-refractivity contribution in [3.05, 3.63) is 54.6 Å². The molecule has 2 heterocycles. The molecule has 0 saturated carbocycles. The largest absolute Gasteiger partial charge is 0.493 e. The summed E-state index contributed by atoms with van der Waals surface area (Å²) < 4.78 is 41.5. The molecule has 4 aromatic rings. The Hall–Kier alpha value is -2.97. The molecule has 2 aromatic heterocycles. The Bertz CT molecular complexity index is 1220. The predicted octanol–water partition coefficient (Wildman–Crippen LogP) is 3.70. The van der Waals surface area contributed by atoms with Crippen LogP contribution >= 0.6 is 0 Å². The monoisotopic (exact) mass is 384 g/mol. The molecule has 7 nitrogen and oxygen atoms in total. The van der Waals surface area contributed by atoms with Crippen molar-refractivity contribution in [2.24, 2.45) is 0 Å². The number of hydrogen-bond donors (Lipinski definition) is 1. The Morgan fingerprint density at radius 3 is 2.70 bits per heavy atom. The number of para-hydroxylation sites is 1. The quantitative estimate of drug-likeness (QED) is 0.399. The maximum Gasteiger partial charge on any atom is 0.264 e. The van der Waals surface area contributed by atoms with Crippen LogP contribution in [-0.4, -0.2) is 35.3 Å². The van der Waals surface area contributed by atoms with Gasteiger partial charge >= 0.3 is 0 Å². The van der Waals surface area contributed by atoms with Gasteiger partial charge in [-0.1, -0.05) is 24.3 Å². The first kappa shape index (κ1) is 17.4. The summed E-state index contributed by atoms with van der Waals surface area (Å²) in [5.74, 6) is 0.612. The van der Waals surface area contributed by atoms with Crippen LogP contribution in [0.2, 0.25) is 0 Å². The topological polar surface area (TPSA) is 103 Å². The zero-order valence-electron chi connectivity index (χ0n) is 14.2. The van der Waals surface area contributed by atoms with Crippen LogP contribution < -0.4 is 4.74 Å². The van der Waals surface area contributed by atoms with E-state index in [0.29, 0.717) is 28.4 Å². The van der Waals surface area contributed by atoms with Crippen LogP contribution in [0.25, 0.3) is 33.6 Å². The van der Waals surface area contributed by atoms with Gasteiger partial charge in [-0.3, -0.25) is 4.55 Å². The van der Waals surface area contributed by atoms with Gasteiger partial charge in [-0.25, -0.2) is 9.97 Å². The fraction of sp³-hybridized carbons (Fsp3) is 0.158. The first-order valence-corrected chi connectivity index (χ1v) is 9.94. The lowest BCUT2D eigenvalue weighted by atomic mass is 10.2. The van der Waals surface area contributed by atoms with E-state index in [1.807, 2.05) is 36.4 Å². The molecule has 27 heavy (non-hydrogen) atoms. The molecule has 0 atom stereocenters. The van der Waals surface area contributed by atoms with Crippen molar-refractivity contribution in [1.29, 1.82) is 0 Å². The first-order chi connectivity index (χ1) is 13.0. The third-order valence-electron chi connectivity index (χ3n) is 3.99. The summed E-state index contributed by atoms with van der Waals surface area (Å²) in [7, 11) is -3.97. The van der Waals surface area contributed by atoms with Crippen molar-refractivity contribution < 1.29 is 22.1 Å².